The average Bonchev–Trinajstić information content (AvgIpc) is 2.76. The standard InChI is InChI=1S/C10H18ClN3O2S/c1-9(7-11)8-17(15,16)14-4-2-3-10-12-5-6-13-10/h5-6,9,14H,2-4,7-8H2,1H3,(H,12,13). The van der Waals surface area contributed by atoms with Gasteiger partial charge in [-0.2, -0.15) is 0 Å². The van der Waals surface area contributed by atoms with Gasteiger partial charge in [0, 0.05) is 31.2 Å². The molecule has 0 aliphatic heterocycles. The van der Waals surface area contributed by atoms with Crippen LogP contribution >= 0.6 is 11.6 Å². The second-order valence-corrected chi connectivity index (χ2v) is 6.23. The molecule has 1 rings (SSSR count). The van der Waals surface area contributed by atoms with E-state index in [1.807, 2.05) is 6.92 Å². The van der Waals surface area contributed by atoms with Crippen molar-refractivity contribution in [2.75, 3.05) is 18.2 Å². The van der Waals surface area contributed by atoms with Crippen LogP contribution in [0.15, 0.2) is 12.4 Å². The lowest BCUT2D eigenvalue weighted by atomic mass is 10.3. The highest BCUT2D eigenvalue weighted by atomic mass is 35.5. The van der Waals surface area contributed by atoms with E-state index in [0.29, 0.717) is 12.4 Å². The van der Waals surface area contributed by atoms with Crippen LogP contribution in [-0.2, 0) is 16.4 Å². The topological polar surface area (TPSA) is 74.8 Å². The first-order valence-electron chi connectivity index (χ1n) is 5.55. The van der Waals surface area contributed by atoms with Crippen molar-refractivity contribution >= 4 is 21.6 Å². The monoisotopic (exact) mass is 279 g/mol. The second-order valence-electron chi connectivity index (χ2n) is 4.07. The highest BCUT2D eigenvalue weighted by molar-refractivity contribution is 7.89. The average molecular weight is 280 g/mol. The lowest BCUT2D eigenvalue weighted by Gasteiger charge is -2.09. The van der Waals surface area contributed by atoms with Crippen LogP contribution in [0.5, 0.6) is 0 Å². The summed E-state index contributed by atoms with van der Waals surface area (Å²) in [5.74, 6) is 1.28. The van der Waals surface area contributed by atoms with Crippen molar-refractivity contribution < 1.29 is 8.42 Å². The Labute approximate surface area is 107 Å². The summed E-state index contributed by atoms with van der Waals surface area (Å²) in [5, 5.41) is 0. The number of nitrogens with zero attached hydrogens (tertiary/aromatic N) is 1. The van der Waals surface area contributed by atoms with Crippen molar-refractivity contribution in [3.63, 3.8) is 0 Å². The van der Waals surface area contributed by atoms with Gasteiger partial charge in [-0.15, -0.1) is 11.6 Å². The number of sulfonamides is 1. The van der Waals surface area contributed by atoms with Crippen LogP contribution in [0.1, 0.15) is 19.2 Å². The summed E-state index contributed by atoms with van der Waals surface area (Å²) < 4.78 is 25.7. The number of H-pyrrole nitrogens is 1. The number of alkyl halides is 1. The van der Waals surface area contributed by atoms with E-state index >= 15 is 0 Å². The zero-order valence-electron chi connectivity index (χ0n) is 9.82. The highest BCUT2D eigenvalue weighted by Gasteiger charge is 2.14. The molecule has 7 heteroatoms. The maximum Gasteiger partial charge on any atom is 0.211 e. The molecule has 98 valence electrons. The third-order valence-corrected chi connectivity index (χ3v) is 4.41. The van der Waals surface area contributed by atoms with Gasteiger partial charge >= 0.3 is 0 Å². The molecule has 0 radical (unpaired) electrons. The number of rotatable bonds is 8. The summed E-state index contributed by atoms with van der Waals surface area (Å²) in [7, 11) is -3.20. The van der Waals surface area contributed by atoms with Gasteiger partial charge in [-0.25, -0.2) is 18.1 Å². The molecule has 1 aromatic rings. The van der Waals surface area contributed by atoms with Gasteiger partial charge in [0.05, 0.1) is 5.75 Å². The van der Waals surface area contributed by atoms with Gasteiger partial charge in [0.2, 0.25) is 10.0 Å². The van der Waals surface area contributed by atoms with Gasteiger partial charge in [-0.1, -0.05) is 6.92 Å². The second kappa shape index (κ2) is 6.98. The molecule has 0 aliphatic carbocycles. The molecule has 0 fully saturated rings. The van der Waals surface area contributed by atoms with Crippen molar-refractivity contribution in [2.45, 2.75) is 19.8 Å². The summed E-state index contributed by atoms with van der Waals surface area (Å²) in [6, 6.07) is 0. The van der Waals surface area contributed by atoms with E-state index in [1.165, 1.54) is 0 Å². The number of hydrogen-bond acceptors (Lipinski definition) is 3. The van der Waals surface area contributed by atoms with Crippen LogP contribution in [-0.4, -0.2) is 36.6 Å². The predicted octanol–water partition coefficient (Wildman–Crippen LogP) is 1.14. The fraction of sp³-hybridized carbons (Fsp3) is 0.700. The molecule has 2 N–H and O–H groups in total. The molecule has 1 heterocycles. The van der Waals surface area contributed by atoms with Gasteiger partial charge in [0.1, 0.15) is 5.82 Å². The number of hydrogen-bond donors (Lipinski definition) is 2. The quantitative estimate of drug-likeness (QED) is 0.553. The van der Waals surface area contributed by atoms with Crippen LogP contribution in [0.2, 0.25) is 0 Å². The Morgan fingerprint density at radius 2 is 2.35 bits per heavy atom. The largest absolute Gasteiger partial charge is 0.349 e. The van der Waals surface area contributed by atoms with Crippen molar-refractivity contribution in [3.8, 4) is 0 Å². The molecule has 1 unspecified atom stereocenters. The first kappa shape index (κ1) is 14.5. The molecule has 5 nitrogen and oxygen atoms in total. The highest BCUT2D eigenvalue weighted by Crippen LogP contribution is 2.02. The van der Waals surface area contributed by atoms with Crippen molar-refractivity contribution in [2.24, 2.45) is 5.92 Å². The Hall–Kier alpha value is -0.590. The van der Waals surface area contributed by atoms with Crippen molar-refractivity contribution in [1.82, 2.24) is 14.7 Å². The van der Waals surface area contributed by atoms with Gasteiger partial charge in [-0.05, 0) is 12.3 Å². The molecule has 1 aromatic heterocycles. The molecule has 17 heavy (non-hydrogen) atoms. The van der Waals surface area contributed by atoms with E-state index in [-0.39, 0.29) is 11.7 Å². The number of aromatic amines is 1. The van der Waals surface area contributed by atoms with Crippen LogP contribution in [0.4, 0.5) is 0 Å². The summed E-state index contributed by atoms with van der Waals surface area (Å²) in [6.45, 7) is 2.24. The Balaban J connectivity index is 2.21. The first-order valence-corrected chi connectivity index (χ1v) is 7.73. The van der Waals surface area contributed by atoms with Crippen LogP contribution in [0.3, 0.4) is 0 Å². The van der Waals surface area contributed by atoms with Crippen molar-refractivity contribution in [3.05, 3.63) is 18.2 Å². The Kier molecular flexibility index (Phi) is 5.94. The maximum absolute atomic E-state index is 11.6. The molecular formula is C10H18ClN3O2S. The maximum atomic E-state index is 11.6. The predicted molar refractivity (Wildman–Crippen MR) is 68.6 cm³/mol. The van der Waals surface area contributed by atoms with E-state index in [2.05, 4.69) is 14.7 Å². The fourth-order valence-corrected chi connectivity index (χ4v) is 3.07. The minimum absolute atomic E-state index is 0.0285. The van der Waals surface area contributed by atoms with E-state index < -0.39 is 10.0 Å². The Morgan fingerprint density at radius 3 is 2.94 bits per heavy atom. The minimum Gasteiger partial charge on any atom is -0.349 e. The summed E-state index contributed by atoms with van der Waals surface area (Å²) >= 11 is 5.58. The lowest BCUT2D eigenvalue weighted by Crippen LogP contribution is -2.30. The molecule has 0 spiro atoms. The summed E-state index contributed by atoms with van der Waals surface area (Å²) in [6.07, 6.45) is 4.89. The third kappa shape index (κ3) is 6.05. The fourth-order valence-electron chi connectivity index (χ4n) is 1.40. The van der Waals surface area contributed by atoms with E-state index in [0.717, 1.165) is 18.7 Å². The third-order valence-electron chi connectivity index (χ3n) is 2.23. The van der Waals surface area contributed by atoms with Crippen molar-refractivity contribution in [1.29, 1.82) is 0 Å². The number of halogens is 1. The number of imidazole rings is 1. The minimum atomic E-state index is -3.20. The molecule has 0 aromatic carbocycles. The van der Waals surface area contributed by atoms with E-state index in [1.54, 1.807) is 12.4 Å². The van der Waals surface area contributed by atoms with Gasteiger partial charge in [0.25, 0.3) is 0 Å². The summed E-state index contributed by atoms with van der Waals surface area (Å²) in [5.41, 5.74) is 0. The molecule has 0 aliphatic rings. The van der Waals surface area contributed by atoms with E-state index in [4.69, 9.17) is 11.6 Å². The number of aryl methyl sites for hydroxylation is 1. The van der Waals surface area contributed by atoms with E-state index in [9.17, 15) is 8.42 Å². The zero-order chi connectivity index (χ0) is 12.7. The first-order chi connectivity index (χ1) is 8.03. The molecule has 0 bridgehead atoms. The molecule has 1 atom stereocenters. The Bertz CT molecular complexity index is 405. The molecular weight excluding hydrogens is 262 g/mol. The van der Waals surface area contributed by atoms with Crippen LogP contribution in [0, 0.1) is 5.92 Å². The zero-order valence-corrected chi connectivity index (χ0v) is 11.4. The Morgan fingerprint density at radius 1 is 1.59 bits per heavy atom. The summed E-state index contributed by atoms with van der Waals surface area (Å²) in [4.78, 5) is 7.03. The smallest absolute Gasteiger partial charge is 0.211 e. The van der Waals surface area contributed by atoms with Gasteiger partial charge < -0.3 is 4.98 Å². The number of aromatic nitrogens is 2. The lowest BCUT2D eigenvalue weighted by molar-refractivity contribution is 0.566. The molecule has 0 saturated heterocycles. The van der Waals surface area contributed by atoms with Crippen LogP contribution in [0.25, 0.3) is 0 Å². The molecule has 0 amide bonds. The van der Waals surface area contributed by atoms with Gasteiger partial charge in [-0.3, -0.25) is 0 Å². The van der Waals surface area contributed by atoms with Crippen LogP contribution < -0.4 is 4.72 Å². The normalized spacial score (nSPS) is 13.8. The SMILES string of the molecule is CC(CCl)CS(=O)(=O)NCCCc1ncc[nH]1. The molecule has 0 saturated carbocycles. The van der Waals surface area contributed by atoms with Gasteiger partial charge in [0.15, 0.2) is 0 Å². The number of nitrogens with one attached hydrogen (secondary N) is 2.